The van der Waals surface area contributed by atoms with E-state index >= 15 is 0 Å². The minimum atomic E-state index is -1.06. The van der Waals surface area contributed by atoms with Gasteiger partial charge in [0.2, 0.25) is 0 Å². The molecule has 31 heavy (non-hydrogen) atoms. The molecule has 2 aromatic carbocycles. The van der Waals surface area contributed by atoms with Crippen molar-refractivity contribution in [2.24, 2.45) is 0 Å². The van der Waals surface area contributed by atoms with Crippen LogP contribution in [0.25, 0.3) is 11.3 Å². The molecule has 0 aliphatic carbocycles. The zero-order valence-corrected chi connectivity index (χ0v) is 17.8. The number of amides is 1. The van der Waals surface area contributed by atoms with Crippen molar-refractivity contribution >= 4 is 28.3 Å². The normalized spacial score (nSPS) is 10.5. The third-order valence-electron chi connectivity index (χ3n) is 4.55. The topological polar surface area (TPSA) is 73.7 Å². The van der Waals surface area contributed by atoms with E-state index < -0.39 is 5.97 Å². The summed E-state index contributed by atoms with van der Waals surface area (Å²) in [6, 6.07) is 13.3. The Balaban J connectivity index is 1.73. The van der Waals surface area contributed by atoms with Crippen LogP contribution >= 0.6 is 11.3 Å². The minimum Gasteiger partial charge on any atom is -0.480 e. The van der Waals surface area contributed by atoms with E-state index in [1.54, 1.807) is 30.3 Å². The summed E-state index contributed by atoms with van der Waals surface area (Å²) >= 11 is 1.49. The van der Waals surface area contributed by atoms with Gasteiger partial charge in [0.1, 0.15) is 12.4 Å². The number of thiazole rings is 1. The lowest BCUT2D eigenvalue weighted by Gasteiger charge is -2.20. The summed E-state index contributed by atoms with van der Waals surface area (Å²) < 4.78 is 13.2. The second-order valence-corrected chi connectivity index (χ2v) is 7.78. The fraction of sp³-hybridized carbons (Fsp3) is 0.174. The molecular formula is C23H22FN3O3S. The molecule has 0 bridgehead atoms. The molecule has 0 atom stereocenters. The number of rotatable bonds is 9. The molecule has 8 heteroatoms. The van der Waals surface area contributed by atoms with Crippen LogP contribution in [-0.2, 0) is 11.3 Å². The number of carboxylic acids is 1. The molecule has 3 aromatic rings. The number of carbonyl (C=O) groups is 2. The maximum atomic E-state index is 13.2. The summed E-state index contributed by atoms with van der Waals surface area (Å²) in [5.41, 5.74) is 3.01. The Morgan fingerprint density at radius 3 is 2.45 bits per heavy atom. The van der Waals surface area contributed by atoms with Gasteiger partial charge in [-0.25, -0.2) is 9.37 Å². The first kappa shape index (κ1) is 22.2. The van der Waals surface area contributed by atoms with Crippen molar-refractivity contribution < 1.29 is 19.1 Å². The molecule has 0 saturated heterocycles. The zero-order valence-electron chi connectivity index (χ0n) is 17.0. The molecule has 6 nitrogen and oxygen atoms in total. The van der Waals surface area contributed by atoms with Gasteiger partial charge in [0.15, 0.2) is 5.13 Å². The largest absolute Gasteiger partial charge is 0.480 e. The first-order chi connectivity index (χ1) is 14.9. The minimum absolute atomic E-state index is 0.288. The second kappa shape index (κ2) is 9.99. The Hall–Kier alpha value is -3.52. The van der Waals surface area contributed by atoms with E-state index in [2.05, 4.69) is 16.5 Å². The van der Waals surface area contributed by atoms with Crippen molar-refractivity contribution in [2.45, 2.75) is 6.54 Å². The van der Waals surface area contributed by atoms with Crippen LogP contribution in [0, 0.1) is 5.82 Å². The van der Waals surface area contributed by atoms with E-state index in [0.717, 1.165) is 26.9 Å². The number of halogens is 1. The number of hydrogen-bond acceptors (Lipinski definition) is 5. The van der Waals surface area contributed by atoms with Crippen LogP contribution in [-0.4, -0.2) is 47.0 Å². The summed E-state index contributed by atoms with van der Waals surface area (Å²) in [7, 11) is 1.46. The highest BCUT2D eigenvalue weighted by Gasteiger charge is 2.15. The average Bonchev–Trinajstić information content (AvgIpc) is 3.23. The molecule has 0 spiro atoms. The lowest BCUT2D eigenvalue weighted by molar-refractivity contribution is -0.137. The van der Waals surface area contributed by atoms with E-state index in [0.29, 0.717) is 18.7 Å². The molecule has 0 fully saturated rings. The third kappa shape index (κ3) is 5.76. The molecule has 0 aliphatic rings. The van der Waals surface area contributed by atoms with Crippen molar-refractivity contribution in [1.29, 1.82) is 0 Å². The van der Waals surface area contributed by atoms with Gasteiger partial charge in [-0.2, -0.15) is 0 Å². The first-order valence-electron chi connectivity index (χ1n) is 9.51. The first-order valence-corrected chi connectivity index (χ1v) is 10.4. The third-order valence-corrected chi connectivity index (χ3v) is 5.45. The lowest BCUT2D eigenvalue weighted by atomic mass is 10.1. The van der Waals surface area contributed by atoms with Crippen LogP contribution in [0.2, 0.25) is 0 Å². The van der Waals surface area contributed by atoms with E-state index in [1.807, 2.05) is 17.5 Å². The second-order valence-electron chi connectivity index (χ2n) is 6.94. The highest BCUT2D eigenvalue weighted by molar-refractivity contribution is 7.14. The smallest absolute Gasteiger partial charge is 0.323 e. The molecular weight excluding hydrogens is 417 g/mol. The van der Waals surface area contributed by atoms with Gasteiger partial charge in [0.25, 0.3) is 5.91 Å². The number of aliphatic carboxylic acids is 1. The van der Waals surface area contributed by atoms with Crippen molar-refractivity contribution in [3.05, 3.63) is 83.5 Å². The van der Waals surface area contributed by atoms with Crippen molar-refractivity contribution in [2.75, 3.05) is 25.0 Å². The van der Waals surface area contributed by atoms with Crippen LogP contribution in [0.3, 0.4) is 0 Å². The number of hydrogen-bond donors (Lipinski definition) is 1. The molecule has 0 aliphatic heterocycles. The van der Waals surface area contributed by atoms with Crippen LogP contribution in [0.1, 0.15) is 15.9 Å². The Labute approximate surface area is 183 Å². The van der Waals surface area contributed by atoms with E-state index in [-0.39, 0.29) is 18.3 Å². The Morgan fingerprint density at radius 1 is 1.16 bits per heavy atom. The predicted octanol–water partition coefficient (Wildman–Crippen LogP) is 4.30. The SMILES string of the molecule is C=CCN(Cc1ccc(C(=O)N(C)CC(=O)O)cc1)c1nc(-c2ccc(F)cc2)cs1. The molecule has 1 aromatic heterocycles. The van der Waals surface area contributed by atoms with Gasteiger partial charge >= 0.3 is 5.97 Å². The Bertz CT molecular complexity index is 1060. The summed E-state index contributed by atoms with van der Waals surface area (Å²) in [4.78, 5) is 31.0. The maximum absolute atomic E-state index is 13.2. The van der Waals surface area contributed by atoms with Crippen LogP contribution in [0.4, 0.5) is 9.52 Å². The molecule has 0 radical (unpaired) electrons. The number of nitrogens with zero attached hydrogens (tertiary/aromatic N) is 3. The lowest BCUT2D eigenvalue weighted by Crippen LogP contribution is -2.31. The Morgan fingerprint density at radius 2 is 1.84 bits per heavy atom. The molecule has 0 unspecified atom stereocenters. The van der Waals surface area contributed by atoms with Crippen LogP contribution < -0.4 is 4.90 Å². The monoisotopic (exact) mass is 439 g/mol. The van der Waals surface area contributed by atoms with Gasteiger partial charge in [-0.05, 0) is 42.0 Å². The van der Waals surface area contributed by atoms with Gasteiger partial charge in [-0.3, -0.25) is 9.59 Å². The van der Waals surface area contributed by atoms with Crippen LogP contribution in [0.15, 0.2) is 66.6 Å². The summed E-state index contributed by atoms with van der Waals surface area (Å²) in [6.07, 6.45) is 1.79. The molecule has 0 saturated carbocycles. The zero-order chi connectivity index (χ0) is 22.4. The van der Waals surface area contributed by atoms with Gasteiger partial charge in [0, 0.05) is 36.6 Å². The number of carbonyl (C=O) groups excluding carboxylic acids is 1. The highest BCUT2D eigenvalue weighted by atomic mass is 32.1. The molecule has 1 N–H and O–H groups in total. The van der Waals surface area contributed by atoms with E-state index in [9.17, 15) is 14.0 Å². The van der Waals surface area contributed by atoms with Crippen LogP contribution in [0.5, 0.6) is 0 Å². The van der Waals surface area contributed by atoms with Crippen molar-refractivity contribution in [3.8, 4) is 11.3 Å². The van der Waals surface area contributed by atoms with Gasteiger partial charge in [-0.1, -0.05) is 18.2 Å². The average molecular weight is 440 g/mol. The number of aromatic nitrogens is 1. The standard InChI is InChI=1S/C23H22FN3O3S/c1-3-12-27(23-25-20(15-31-23)17-8-10-19(24)11-9-17)13-16-4-6-18(7-5-16)22(30)26(2)14-21(28)29/h3-11,15H,1,12-14H2,2H3,(H,28,29). The van der Waals surface area contributed by atoms with Gasteiger partial charge in [0.05, 0.1) is 5.69 Å². The van der Waals surface area contributed by atoms with Crippen molar-refractivity contribution in [1.82, 2.24) is 9.88 Å². The van der Waals surface area contributed by atoms with E-state index in [1.165, 1.54) is 30.5 Å². The molecule has 1 amide bonds. The predicted molar refractivity (Wildman–Crippen MR) is 120 cm³/mol. The maximum Gasteiger partial charge on any atom is 0.323 e. The summed E-state index contributed by atoms with van der Waals surface area (Å²) in [5, 5.41) is 11.6. The fourth-order valence-corrected chi connectivity index (χ4v) is 3.84. The van der Waals surface area contributed by atoms with Gasteiger partial charge < -0.3 is 14.9 Å². The number of carboxylic acid groups (broad SMARTS) is 1. The highest BCUT2D eigenvalue weighted by Crippen LogP contribution is 2.28. The van der Waals surface area contributed by atoms with Crippen molar-refractivity contribution in [3.63, 3.8) is 0 Å². The number of anilines is 1. The Kier molecular flexibility index (Phi) is 7.15. The quantitative estimate of drug-likeness (QED) is 0.503. The van der Waals surface area contributed by atoms with E-state index in [4.69, 9.17) is 5.11 Å². The molecule has 1 heterocycles. The molecule has 3 rings (SSSR count). The fourth-order valence-electron chi connectivity index (χ4n) is 3.00. The summed E-state index contributed by atoms with van der Waals surface area (Å²) in [6.45, 7) is 4.60. The number of benzene rings is 2. The number of likely N-dealkylation sites (N-methyl/N-ethyl adjacent to an activating group) is 1. The van der Waals surface area contributed by atoms with Gasteiger partial charge in [-0.15, -0.1) is 17.9 Å². The summed E-state index contributed by atoms with van der Waals surface area (Å²) in [5.74, 6) is -1.69. The molecule has 160 valence electrons.